The topological polar surface area (TPSA) is 38.1 Å². The van der Waals surface area contributed by atoms with Crippen LogP contribution in [0.4, 0.5) is 0 Å². The van der Waals surface area contributed by atoms with Crippen molar-refractivity contribution in [1.82, 2.24) is 14.7 Å². The third kappa shape index (κ3) is 3.43. The van der Waals surface area contributed by atoms with Gasteiger partial charge in [-0.25, -0.2) is 4.68 Å². The fourth-order valence-corrected chi connectivity index (χ4v) is 3.45. The molecule has 0 N–H and O–H groups in total. The molecular weight excluding hydrogens is 310 g/mol. The Labute approximate surface area is 149 Å². The van der Waals surface area contributed by atoms with E-state index in [0.29, 0.717) is 6.42 Å². The molecule has 1 amide bonds. The van der Waals surface area contributed by atoms with E-state index in [-0.39, 0.29) is 18.0 Å². The highest BCUT2D eigenvalue weighted by molar-refractivity contribution is 5.88. The van der Waals surface area contributed by atoms with Crippen molar-refractivity contribution in [2.75, 3.05) is 0 Å². The second kappa shape index (κ2) is 7.09. The molecule has 1 aromatic heterocycles. The van der Waals surface area contributed by atoms with Crippen LogP contribution in [0.3, 0.4) is 0 Å². The van der Waals surface area contributed by atoms with Gasteiger partial charge in [0.15, 0.2) is 0 Å². The summed E-state index contributed by atoms with van der Waals surface area (Å²) < 4.78 is 1.90. The Bertz CT molecular complexity index is 857. The number of benzene rings is 2. The molecule has 0 aliphatic carbocycles. The van der Waals surface area contributed by atoms with E-state index in [1.165, 1.54) is 0 Å². The van der Waals surface area contributed by atoms with Crippen molar-refractivity contribution in [3.05, 3.63) is 60.3 Å². The van der Waals surface area contributed by atoms with E-state index < -0.39 is 0 Å². The first kappa shape index (κ1) is 17.2. The molecule has 4 heteroatoms. The lowest BCUT2D eigenvalue weighted by Gasteiger charge is -2.31. The van der Waals surface area contributed by atoms with Crippen molar-refractivity contribution in [2.24, 2.45) is 0 Å². The van der Waals surface area contributed by atoms with Gasteiger partial charge < -0.3 is 4.90 Å². The zero-order chi connectivity index (χ0) is 18.0. The molecule has 0 fully saturated rings. The molecule has 0 atom stereocenters. The quantitative estimate of drug-likeness (QED) is 0.700. The maximum absolute atomic E-state index is 13.0. The predicted octanol–water partition coefficient (Wildman–Crippen LogP) is 4.21. The highest BCUT2D eigenvalue weighted by Gasteiger charge is 2.23. The van der Waals surface area contributed by atoms with Crippen LogP contribution in [0.2, 0.25) is 0 Å². The highest BCUT2D eigenvalue weighted by atomic mass is 16.2. The summed E-state index contributed by atoms with van der Waals surface area (Å²) in [5.41, 5.74) is 2.83. The Morgan fingerprint density at radius 1 is 0.960 bits per heavy atom. The number of para-hydroxylation sites is 1. The van der Waals surface area contributed by atoms with Crippen molar-refractivity contribution >= 4 is 16.8 Å². The minimum absolute atomic E-state index is 0.132. The van der Waals surface area contributed by atoms with E-state index in [9.17, 15) is 4.79 Å². The van der Waals surface area contributed by atoms with Crippen molar-refractivity contribution in [3.8, 4) is 5.69 Å². The number of fused-ring (bicyclic) bond motifs is 1. The number of hydrogen-bond donors (Lipinski definition) is 0. The third-order valence-corrected chi connectivity index (χ3v) is 4.40. The van der Waals surface area contributed by atoms with E-state index in [0.717, 1.165) is 22.3 Å². The van der Waals surface area contributed by atoms with Gasteiger partial charge >= 0.3 is 0 Å². The molecule has 1 heterocycles. The lowest BCUT2D eigenvalue weighted by atomic mass is 10.1. The summed E-state index contributed by atoms with van der Waals surface area (Å²) in [7, 11) is 0. The zero-order valence-electron chi connectivity index (χ0n) is 15.3. The predicted molar refractivity (Wildman–Crippen MR) is 102 cm³/mol. The number of hydrogen-bond acceptors (Lipinski definition) is 2. The maximum Gasteiger partial charge on any atom is 0.229 e. The van der Waals surface area contributed by atoms with Gasteiger partial charge in [0.25, 0.3) is 0 Å². The number of aromatic nitrogens is 2. The standard InChI is InChI=1S/C21H25N3O/c1-15(2)23(16(3)4)21(25)14-20-18-12-8-9-13-19(18)22-24(20)17-10-6-5-7-11-17/h5-13,15-16H,14H2,1-4H3. The van der Waals surface area contributed by atoms with Gasteiger partial charge in [0.05, 0.1) is 23.3 Å². The Morgan fingerprint density at radius 2 is 1.56 bits per heavy atom. The molecule has 0 aliphatic heterocycles. The van der Waals surface area contributed by atoms with Crippen LogP contribution in [-0.2, 0) is 11.2 Å². The molecule has 0 saturated carbocycles. The number of rotatable bonds is 5. The summed E-state index contributed by atoms with van der Waals surface area (Å²) in [5.74, 6) is 0.132. The van der Waals surface area contributed by atoms with Gasteiger partial charge in [-0.1, -0.05) is 36.4 Å². The largest absolute Gasteiger partial charge is 0.338 e. The second-order valence-electron chi connectivity index (χ2n) is 6.88. The molecule has 3 rings (SSSR count). The molecule has 0 bridgehead atoms. The average Bonchev–Trinajstić information content (AvgIpc) is 2.94. The van der Waals surface area contributed by atoms with Crippen LogP contribution in [-0.4, -0.2) is 32.7 Å². The van der Waals surface area contributed by atoms with Crippen LogP contribution < -0.4 is 0 Å². The van der Waals surface area contributed by atoms with Crippen LogP contribution in [0.15, 0.2) is 54.6 Å². The van der Waals surface area contributed by atoms with E-state index in [4.69, 9.17) is 5.10 Å². The van der Waals surface area contributed by atoms with Crippen molar-refractivity contribution in [3.63, 3.8) is 0 Å². The SMILES string of the molecule is CC(C)N(C(=O)Cc1c2ccccc2nn1-c1ccccc1)C(C)C. The first-order chi connectivity index (χ1) is 12.0. The lowest BCUT2D eigenvalue weighted by molar-refractivity contribution is -0.134. The van der Waals surface area contributed by atoms with Gasteiger partial charge in [-0.2, -0.15) is 5.10 Å². The molecule has 3 aromatic rings. The fourth-order valence-electron chi connectivity index (χ4n) is 3.45. The summed E-state index contributed by atoms with van der Waals surface area (Å²) in [4.78, 5) is 14.9. The van der Waals surface area contributed by atoms with Crippen LogP contribution in [0, 0.1) is 0 Å². The molecular formula is C21H25N3O. The van der Waals surface area contributed by atoms with Gasteiger partial charge in [-0.05, 0) is 45.9 Å². The van der Waals surface area contributed by atoms with Crippen LogP contribution in [0.5, 0.6) is 0 Å². The minimum Gasteiger partial charge on any atom is -0.338 e. The molecule has 0 saturated heterocycles. The molecule has 0 spiro atoms. The van der Waals surface area contributed by atoms with E-state index in [2.05, 4.69) is 27.7 Å². The number of carbonyl (C=O) groups is 1. The minimum atomic E-state index is 0.132. The zero-order valence-corrected chi connectivity index (χ0v) is 15.3. The van der Waals surface area contributed by atoms with Crippen LogP contribution in [0.25, 0.3) is 16.6 Å². The second-order valence-corrected chi connectivity index (χ2v) is 6.88. The van der Waals surface area contributed by atoms with Crippen LogP contribution >= 0.6 is 0 Å². The normalized spacial score (nSPS) is 11.4. The van der Waals surface area contributed by atoms with Crippen LogP contribution in [0.1, 0.15) is 33.4 Å². The number of amides is 1. The summed E-state index contributed by atoms with van der Waals surface area (Å²) in [6.45, 7) is 8.24. The first-order valence-electron chi connectivity index (χ1n) is 8.82. The molecule has 25 heavy (non-hydrogen) atoms. The summed E-state index contributed by atoms with van der Waals surface area (Å²) >= 11 is 0. The molecule has 0 radical (unpaired) electrons. The van der Waals surface area contributed by atoms with E-state index in [1.807, 2.05) is 64.2 Å². The molecule has 2 aromatic carbocycles. The Balaban J connectivity index is 2.07. The number of nitrogens with zero attached hydrogens (tertiary/aromatic N) is 3. The Hall–Kier alpha value is -2.62. The molecule has 130 valence electrons. The monoisotopic (exact) mass is 335 g/mol. The first-order valence-corrected chi connectivity index (χ1v) is 8.82. The smallest absolute Gasteiger partial charge is 0.229 e. The third-order valence-electron chi connectivity index (χ3n) is 4.40. The Kier molecular flexibility index (Phi) is 4.88. The van der Waals surface area contributed by atoms with Gasteiger partial charge in [0.2, 0.25) is 5.91 Å². The fraction of sp³-hybridized carbons (Fsp3) is 0.333. The Morgan fingerprint density at radius 3 is 2.20 bits per heavy atom. The van der Waals surface area contributed by atoms with E-state index in [1.54, 1.807) is 0 Å². The summed E-state index contributed by atoms with van der Waals surface area (Å²) in [6.07, 6.45) is 0.339. The van der Waals surface area contributed by atoms with Gasteiger partial charge in [0.1, 0.15) is 0 Å². The number of carbonyl (C=O) groups excluding carboxylic acids is 1. The summed E-state index contributed by atoms with van der Waals surface area (Å²) in [6, 6.07) is 18.3. The van der Waals surface area contributed by atoms with Crippen molar-refractivity contribution < 1.29 is 4.79 Å². The summed E-state index contributed by atoms with van der Waals surface area (Å²) in [5, 5.41) is 5.77. The van der Waals surface area contributed by atoms with Gasteiger partial charge in [0, 0.05) is 17.5 Å². The van der Waals surface area contributed by atoms with E-state index >= 15 is 0 Å². The highest BCUT2D eigenvalue weighted by Crippen LogP contribution is 2.23. The lowest BCUT2D eigenvalue weighted by Crippen LogP contribution is -2.43. The molecule has 0 unspecified atom stereocenters. The molecule has 0 aliphatic rings. The average molecular weight is 335 g/mol. The molecule has 4 nitrogen and oxygen atoms in total. The van der Waals surface area contributed by atoms with Crippen molar-refractivity contribution in [2.45, 2.75) is 46.2 Å². The maximum atomic E-state index is 13.0. The van der Waals surface area contributed by atoms with Crippen molar-refractivity contribution in [1.29, 1.82) is 0 Å². The van der Waals surface area contributed by atoms with Gasteiger partial charge in [-0.15, -0.1) is 0 Å². The van der Waals surface area contributed by atoms with Gasteiger partial charge in [-0.3, -0.25) is 4.79 Å².